The number of para-hydroxylation sites is 2. The lowest BCUT2D eigenvalue weighted by molar-refractivity contribution is -0.123. The van der Waals surface area contributed by atoms with E-state index >= 15 is 0 Å². The first-order chi connectivity index (χ1) is 14.6. The third-order valence-electron chi connectivity index (χ3n) is 6.33. The van der Waals surface area contributed by atoms with Crippen LogP contribution in [0.15, 0.2) is 60.7 Å². The van der Waals surface area contributed by atoms with Gasteiger partial charge >= 0.3 is 0 Å². The van der Waals surface area contributed by atoms with E-state index in [9.17, 15) is 14.4 Å². The summed E-state index contributed by atoms with van der Waals surface area (Å²) in [7, 11) is 1.54. The first-order valence-electron chi connectivity index (χ1n) is 10.0. The highest BCUT2D eigenvalue weighted by atomic mass is 16.5. The monoisotopic (exact) mass is 403 g/mol. The van der Waals surface area contributed by atoms with Gasteiger partial charge < -0.3 is 9.47 Å². The molecule has 2 amide bonds. The number of carbonyl (C=O) groups excluding carboxylic acids is 3. The largest absolute Gasteiger partial charge is 0.497 e. The van der Waals surface area contributed by atoms with E-state index in [2.05, 4.69) is 12.2 Å². The van der Waals surface area contributed by atoms with Crippen LogP contribution in [0, 0.1) is 23.7 Å². The maximum absolute atomic E-state index is 13.1. The first-order valence-corrected chi connectivity index (χ1v) is 10.0. The number of allylic oxidation sites excluding steroid dienone is 2. The Hall–Kier alpha value is -3.41. The zero-order valence-electron chi connectivity index (χ0n) is 16.5. The summed E-state index contributed by atoms with van der Waals surface area (Å²) >= 11 is 0. The predicted molar refractivity (Wildman–Crippen MR) is 109 cm³/mol. The van der Waals surface area contributed by atoms with Crippen molar-refractivity contribution in [1.82, 2.24) is 0 Å². The Kier molecular flexibility index (Phi) is 4.42. The Morgan fingerprint density at radius 3 is 2.40 bits per heavy atom. The smallest absolute Gasteiger partial charge is 0.238 e. The number of amides is 2. The molecule has 0 aromatic heterocycles. The van der Waals surface area contributed by atoms with Crippen LogP contribution >= 0.6 is 0 Å². The number of ether oxygens (including phenoxy) is 2. The van der Waals surface area contributed by atoms with E-state index in [1.165, 1.54) is 12.0 Å². The molecule has 1 aliphatic heterocycles. The second-order valence-electron chi connectivity index (χ2n) is 7.92. The average molecular weight is 403 g/mol. The van der Waals surface area contributed by atoms with Crippen molar-refractivity contribution in [2.75, 3.05) is 18.6 Å². The zero-order valence-corrected chi connectivity index (χ0v) is 16.5. The molecule has 6 heteroatoms. The van der Waals surface area contributed by atoms with Gasteiger partial charge in [-0.2, -0.15) is 0 Å². The fourth-order valence-electron chi connectivity index (χ4n) is 4.93. The van der Waals surface area contributed by atoms with E-state index < -0.39 is 0 Å². The van der Waals surface area contributed by atoms with E-state index in [4.69, 9.17) is 9.47 Å². The van der Waals surface area contributed by atoms with Crippen LogP contribution in [0.1, 0.15) is 16.8 Å². The molecule has 6 nitrogen and oxygen atoms in total. The third kappa shape index (κ3) is 2.83. The van der Waals surface area contributed by atoms with Crippen LogP contribution in [0.5, 0.6) is 11.5 Å². The summed E-state index contributed by atoms with van der Waals surface area (Å²) in [6.45, 7) is -0.208. The van der Waals surface area contributed by atoms with Gasteiger partial charge in [0.05, 0.1) is 24.6 Å². The summed E-state index contributed by atoms with van der Waals surface area (Å²) in [5.74, 6) is 0.0993. The molecule has 152 valence electrons. The number of rotatable bonds is 6. The molecular weight excluding hydrogens is 382 g/mol. The number of ketones is 1. The summed E-state index contributed by atoms with van der Waals surface area (Å²) in [6.07, 6.45) is 5.01. The van der Waals surface area contributed by atoms with Gasteiger partial charge in [-0.1, -0.05) is 36.4 Å². The topological polar surface area (TPSA) is 72.9 Å². The summed E-state index contributed by atoms with van der Waals surface area (Å²) < 4.78 is 10.9. The van der Waals surface area contributed by atoms with Gasteiger partial charge in [-0.15, -0.1) is 0 Å². The maximum Gasteiger partial charge on any atom is 0.238 e. The van der Waals surface area contributed by atoms with Crippen LogP contribution in [0.25, 0.3) is 0 Å². The number of hydrogen-bond acceptors (Lipinski definition) is 5. The lowest BCUT2D eigenvalue weighted by Crippen LogP contribution is -2.33. The number of Topliss-reactive ketones (excluding diaryl/α,β-unsaturated/α-hetero) is 1. The van der Waals surface area contributed by atoms with Crippen LogP contribution in [0.2, 0.25) is 0 Å². The minimum atomic E-state index is -0.279. The van der Waals surface area contributed by atoms with Crippen molar-refractivity contribution in [3.8, 4) is 11.5 Å². The molecule has 2 fully saturated rings. The van der Waals surface area contributed by atoms with Crippen molar-refractivity contribution in [3.63, 3.8) is 0 Å². The van der Waals surface area contributed by atoms with Gasteiger partial charge in [0.15, 0.2) is 12.4 Å². The van der Waals surface area contributed by atoms with Crippen LogP contribution in [-0.2, 0) is 9.59 Å². The number of carbonyl (C=O) groups is 3. The maximum atomic E-state index is 13.1. The molecule has 1 heterocycles. The van der Waals surface area contributed by atoms with Gasteiger partial charge in [-0.3, -0.25) is 14.4 Å². The standard InChI is InChI=1S/C24H21NO5/c1-29-17-6-4-5-14(12-17)19(26)13-30-20-8-3-2-7-18(20)25-23(27)21-15-9-10-16(11-15)22(21)24(25)28/h2-10,12,15-16,21-22H,11,13H2,1H3/t15-,16-,21+,22+/m1/s1. The van der Waals surface area contributed by atoms with Gasteiger partial charge in [-0.05, 0) is 42.5 Å². The van der Waals surface area contributed by atoms with Crippen LogP contribution in [-0.4, -0.2) is 31.3 Å². The Bertz CT molecular complexity index is 1040. The third-order valence-corrected chi connectivity index (χ3v) is 6.33. The van der Waals surface area contributed by atoms with E-state index in [0.717, 1.165) is 6.42 Å². The molecule has 3 aliphatic rings. The van der Waals surface area contributed by atoms with Gasteiger partial charge in [0.2, 0.25) is 11.8 Å². The first kappa shape index (κ1) is 18.6. The van der Waals surface area contributed by atoms with Crippen LogP contribution in [0.3, 0.4) is 0 Å². The molecule has 1 saturated heterocycles. The quantitative estimate of drug-likeness (QED) is 0.421. The summed E-state index contributed by atoms with van der Waals surface area (Å²) in [6, 6.07) is 13.7. The van der Waals surface area contributed by atoms with Gasteiger partial charge in [-0.25, -0.2) is 4.90 Å². The molecule has 5 rings (SSSR count). The number of imide groups is 1. The Morgan fingerprint density at radius 2 is 1.70 bits per heavy atom. The molecule has 0 N–H and O–H groups in total. The molecule has 0 radical (unpaired) electrons. The minimum Gasteiger partial charge on any atom is -0.497 e. The highest BCUT2D eigenvalue weighted by Gasteiger charge is 2.59. The lowest BCUT2D eigenvalue weighted by Gasteiger charge is -2.20. The summed E-state index contributed by atoms with van der Waals surface area (Å²) in [5.41, 5.74) is 0.872. The molecule has 4 atom stereocenters. The number of benzene rings is 2. The van der Waals surface area contributed by atoms with Crippen LogP contribution in [0.4, 0.5) is 5.69 Å². The second kappa shape index (κ2) is 7.13. The second-order valence-corrected chi connectivity index (χ2v) is 7.92. The molecule has 0 unspecified atom stereocenters. The summed E-state index contributed by atoms with van der Waals surface area (Å²) in [5, 5.41) is 0. The molecular formula is C24H21NO5. The minimum absolute atomic E-state index is 0.143. The number of nitrogens with zero attached hydrogens (tertiary/aromatic N) is 1. The molecule has 1 saturated carbocycles. The van der Waals surface area contributed by atoms with Crippen molar-refractivity contribution in [1.29, 1.82) is 0 Å². The lowest BCUT2D eigenvalue weighted by atomic mass is 9.85. The molecule has 2 aromatic carbocycles. The average Bonchev–Trinajstić information content (AvgIpc) is 3.46. The highest BCUT2D eigenvalue weighted by molar-refractivity contribution is 6.23. The Balaban J connectivity index is 1.37. The number of anilines is 1. The Morgan fingerprint density at radius 1 is 1.00 bits per heavy atom. The van der Waals surface area contributed by atoms with Gasteiger partial charge in [0.25, 0.3) is 0 Å². The molecule has 2 aromatic rings. The number of hydrogen-bond donors (Lipinski definition) is 0. The number of fused-ring (bicyclic) bond motifs is 5. The van der Waals surface area contributed by atoms with E-state index in [1.54, 1.807) is 48.5 Å². The van der Waals surface area contributed by atoms with Crippen molar-refractivity contribution in [2.24, 2.45) is 23.7 Å². The summed E-state index contributed by atoms with van der Waals surface area (Å²) in [4.78, 5) is 40.0. The van der Waals surface area contributed by atoms with Gasteiger partial charge in [0, 0.05) is 5.56 Å². The SMILES string of the molecule is COc1cccc(C(=O)COc2ccccc2N2C(=O)[C@@H]3[C@@H](C2=O)[C@@H]2C=C[C@@H]3C2)c1. The Labute approximate surface area is 174 Å². The number of methoxy groups -OCH3 is 1. The molecule has 2 bridgehead atoms. The van der Waals surface area contributed by atoms with E-state index in [1.807, 2.05) is 0 Å². The van der Waals surface area contributed by atoms with Crippen molar-refractivity contribution in [3.05, 3.63) is 66.2 Å². The zero-order chi connectivity index (χ0) is 20.8. The van der Waals surface area contributed by atoms with Crippen molar-refractivity contribution < 1.29 is 23.9 Å². The van der Waals surface area contributed by atoms with Gasteiger partial charge in [0.1, 0.15) is 11.5 Å². The van der Waals surface area contributed by atoms with E-state index in [-0.39, 0.29) is 47.9 Å². The highest BCUT2D eigenvalue weighted by Crippen LogP contribution is 2.53. The van der Waals surface area contributed by atoms with Crippen molar-refractivity contribution in [2.45, 2.75) is 6.42 Å². The molecule has 30 heavy (non-hydrogen) atoms. The molecule has 0 spiro atoms. The fraction of sp³-hybridized carbons (Fsp3) is 0.292. The molecule has 2 aliphatic carbocycles. The van der Waals surface area contributed by atoms with Crippen molar-refractivity contribution >= 4 is 23.3 Å². The van der Waals surface area contributed by atoms with Crippen LogP contribution < -0.4 is 14.4 Å². The van der Waals surface area contributed by atoms with E-state index in [0.29, 0.717) is 22.7 Å². The normalized spacial score (nSPS) is 26.2. The predicted octanol–water partition coefficient (Wildman–Crippen LogP) is 3.27. The fourth-order valence-corrected chi connectivity index (χ4v) is 4.93.